The van der Waals surface area contributed by atoms with Crippen LogP contribution in [0.3, 0.4) is 0 Å². The molecule has 28 heavy (non-hydrogen) atoms. The Morgan fingerprint density at radius 2 is 1.54 bits per heavy atom. The Hall–Kier alpha value is -3.05. The molecular formula is C23H25NO4. The lowest BCUT2D eigenvalue weighted by molar-refractivity contribution is -0.142. The fourth-order valence-electron chi connectivity index (χ4n) is 3.30. The zero-order valence-corrected chi connectivity index (χ0v) is 16.5. The fourth-order valence-corrected chi connectivity index (χ4v) is 3.30. The zero-order valence-electron chi connectivity index (χ0n) is 16.5. The highest BCUT2D eigenvalue weighted by Crippen LogP contribution is 2.25. The van der Waals surface area contributed by atoms with Crippen molar-refractivity contribution in [3.05, 3.63) is 71.8 Å². The highest BCUT2D eigenvalue weighted by molar-refractivity contribution is 5.85. The molecular weight excluding hydrogens is 354 g/mol. The number of rotatable bonds is 8. The minimum atomic E-state index is -0.268. The van der Waals surface area contributed by atoms with Gasteiger partial charge in [0.05, 0.1) is 27.9 Å². The van der Waals surface area contributed by atoms with Gasteiger partial charge in [0, 0.05) is 19.2 Å². The van der Waals surface area contributed by atoms with Gasteiger partial charge in [-0.3, -0.25) is 9.69 Å². The summed E-state index contributed by atoms with van der Waals surface area (Å²) in [4.78, 5) is 14.1. The first kappa shape index (κ1) is 19.7. The molecule has 0 atom stereocenters. The molecule has 0 saturated carbocycles. The molecule has 0 heterocycles. The van der Waals surface area contributed by atoms with Crippen molar-refractivity contribution in [1.29, 1.82) is 0 Å². The van der Waals surface area contributed by atoms with E-state index in [2.05, 4.69) is 29.2 Å². The maximum atomic E-state index is 12.0. The molecule has 5 heteroatoms. The highest BCUT2D eigenvalue weighted by Gasteiger charge is 2.15. The van der Waals surface area contributed by atoms with E-state index in [1.165, 1.54) is 17.9 Å². The molecule has 5 nitrogen and oxygen atoms in total. The van der Waals surface area contributed by atoms with E-state index in [1.54, 1.807) is 14.2 Å². The van der Waals surface area contributed by atoms with E-state index in [0.717, 1.165) is 22.6 Å². The number of fused-ring (bicyclic) bond motifs is 1. The summed E-state index contributed by atoms with van der Waals surface area (Å²) in [6.45, 7) is 1.38. The number of ether oxygens (including phenoxy) is 3. The van der Waals surface area contributed by atoms with Crippen molar-refractivity contribution in [3.8, 4) is 11.5 Å². The molecule has 0 radical (unpaired) electrons. The number of methoxy groups -OCH3 is 3. The van der Waals surface area contributed by atoms with Gasteiger partial charge >= 0.3 is 5.97 Å². The van der Waals surface area contributed by atoms with Crippen LogP contribution in [-0.4, -0.2) is 38.7 Å². The lowest BCUT2D eigenvalue weighted by Crippen LogP contribution is -2.30. The van der Waals surface area contributed by atoms with Gasteiger partial charge in [0.25, 0.3) is 0 Å². The second-order valence-corrected chi connectivity index (χ2v) is 6.58. The molecule has 0 bridgehead atoms. The number of nitrogens with zero attached hydrogens (tertiary/aromatic N) is 1. The summed E-state index contributed by atoms with van der Waals surface area (Å²) in [6.07, 6.45) is 0. The SMILES string of the molecule is COC(=O)CN(Cc1cc(OC)cc(OC)c1)Cc1cccc2ccccc12. The Morgan fingerprint density at radius 1 is 0.857 bits per heavy atom. The Balaban J connectivity index is 1.90. The van der Waals surface area contributed by atoms with Crippen LogP contribution in [0.2, 0.25) is 0 Å². The predicted molar refractivity (Wildman–Crippen MR) is 110 cm³/mol. The molecule has 0 amide bonds. The van der Waals surface area contributed by atoms with E-state index >= 15 is 0 Å². The van der Waals surface area contributed by atoms with Crippen molar-refractivity contribution < 1.29 is 19.0 Å². The van der Waals surface area contributed by atoms with Crippen LogP contribution < -0.4 is 9.47 Å². The van der Waals surface area contributed by atoms with Crippen molar-refractivity contribution in [3.63, 3.8) is 0 Å². The molecule has 0 N–H and O–H groups in total. The van der Waals surface area contributed by atoms with Gasteiger partial charge in [0.1, 0.15) is 11.5 Å². The first-order chi connectivity index (χ1) is 13.6. The van der Waals surface area contributed by atoms with E-state index in [1.807, 2.05) is 36.4 Å². The number of carbonyl (C=O) groups excluding carboxylic acids is 1. The molecule has 0 aliphatic rings. The van der Waals surface area contributed by atoms with Crippen molar-refractivity contribution in [2.24, 2.45) is 0 Å². The lowest BCUT2D eigenvalue weighted by Gasteiger charge is -2.22. The molecule has 3 aromatic carbocycles. The summed E-state index contributed by atoms with van der Waals surface area (Å²) < 4.78 is 15.6. The smallest absolute Gasteiger partial charge is 0.319 e. The molecule has 146 valence electrons. The van der Waals surface area contributed by atoms with Gasteiger partial charge in [-0.25, -0.2) is 0 Å². The summed E-state index contributed by atoms with van der Waals surface area (Å²) in [5, 5.41) is 2.36. The van der Waals surface area contributed by atoms with Gasteiger partial charge in [-0.05, 0) is 34.0 Å². The van der Waals surface area contributed by atoms with Gasteiger partial charge in [-0.2, -0.15) is 0 Å². The van der Waals surface area contributed by atoms with Crippen LogP contribution in [0.1, 0.15) is 11.1 Å². The molecule has 0 aliphatic carbocycles. The molecule has 0 aliphatic heterocycles. The number of hydrogen-bond acceptors (Lipinski definition) is 5. The Kier molecular flexibility index (Phi) is 6.50. The Labute approximate surface area is 165 Å². The monoisotopic (exact) mass is 379 g/mol. The maximum absolute atomic E-state index is 12.0. The van der Waals surface area contributed by atoms with E-state index in [-0.39, 0.29) is 12.5 Å². The van der Waals surface area contributed by atoms with E-state index in [9.17, 15) is 4.79 Å². The van der Waals surface area contributed by atoms with Gasteiger partial charge in [0.2, 0.25) is 0 Å². The van der Waals surface area contributed by atoms with E-state index in [4.69, 9.17) is 14.2 Å². The van der Waals surface area contributed by atoms with Gasteiger partial charge in [-0.1, -0.05) is 42.5 Å². The average Bonchev–Trinajstić information content (AvgIpc) is 2.73. The Morgan fingerprint density at radius 3 is 2.21 bits per heavy atom. The third-order valence-electron chi connectivity index (χ3n) is 4.67. The molecule has 0 spiro atoms. The second kappa shape index (κ2) is 9.24. The Bertz CT molecular complexity index is 927. The van der Waals surface area contributed by atoms with Crippen molar-refractivity contribution >= 4 is 16.7 Å². The van der Waals surface area contributed by atoms with Crippen molar-refractivity contribution in [1.82, 2.24) is 4.90 Å². The first-order valence-electron chi connectivity index (χ1n) is 9.10. The summed E-state index contributed by atoms with van der Waals surface area (Å²) in [5.74, 6) is 1.17. The van der Waals surface area contributed by atoms with Gasteiger partial charge in [-0.15, -0.1) is 0 Å². The van der Waals surface area contributed by atoms with E-state index < -0.39 is 0 Å². The van der Waals surface area contributed by atoms with Crippen LogP contribution in [0.25, 0.3) is 10.8 Å². The van der Waals surface area contributed by atoms with Crippen LogP contribution >= 0.6 is 0 Å². The summed E-state index contributed by atoms with van der Waals surface area (Å²) in [5.41, 5.74) is 2.16. The molecule has 0 aromatic heterocycles. The molecule has 0 saturated heterocycles. The number of carbonyl (C=O) groups is 1. The topological polar surface area (TPSA) is 48.0 Å². The molecule has 0 unspecified atom stereocenters. The summed E-state index contributed by atoms with van der Waals surface area (Å²) in [6, 6.07) is 20.2. The standard InChI is InChI=1S/C23H25NO4/c1-26-20-11-17(12-21(13-20)27-2)14-24(16-23(25)28-3)15-19-9-6-8-18-7-4-5-10-22(18)19/h4-13H,14-16H2,1-3H3. The normalized spacial score (nSPS) is 10.9. The summed E-state index contributed by atoms with van der Waals surface area (Å²) in [7, 11) is 4.66. The van der Waals surface area contributed by atoms with Crippen molar-refractivity contribution in [2.45, 2.75) is 13.1 Å². The number of hydrogen-bond donors (Lipinski definition) is 0. The average molecular weight is 379 g/mol. The summed E-state index contributed by atoms with van der Waals surface area (Å²) >= 11 is 0. The second-order valence-electron chi connectivity index (χ2n) is 6.58. The van der Waals surface area contributed by atoms with Crippen molar-refractivity contribution in [2.75, 3.05) is 27.9 Å². The fraction of sp³-hybridized carbons (Fsp3) is 0.261. The van der Waals surface area contributed by atoms with Crippen LogP contribution in [0, 0.1) is 0 Å². The highest BCUT2D eigenvalue weighted by atomic mass is 16.5. The quantitative estimate of drug-likeness (QED) is 0.553. The maximum Gasteiger partial charge on any atom is 0.319 e. The van der Waals surface area contributed by atoms with Crippen LogP contribution in [0.5, 0.6) is 11.5 Å². The molecule has 3 rings (SSSR count). The van der Waals surface area contributed by atoms with Crippen LogP contribution in [0.15, 0.2) is 60.7 Å². The third-order valence-corrected chi connectivity index (χ3v) is 4.67. The largest absolute Gasteiger partial charge is 0.497 e. The zero-order chi connectivity index (χ0) is 19.9. The van der Waals surface area contributed by atoms with Gasteiger partial charge in [0.15, 0.2) is 0 Å². The van der Waals surface area contributed by atoms with Gasteiger partial charge < -0.3 is 14.2 Å². The number of benzene rings is 3. The molecule has 3 aromatic rings. The first-order valence-corrected chi connectivity index (χ1v) is 9.10. The lowest BCUT2D eigenvalue weighted by atomic mass is 10.0. The minimum Gasteiger partial charge on any atom is -0.497 e. The van der Waals surface area contributed by atoms with Crippen LogP contribution in [-0.2, 0) is 22.6 Å². The molecule has 0 fully saturated rings. The van der Waals surface area contributed by atoms with E-state index in [0.29, 0.717) is 13.1 Å². The van der Waals surface area contributed by atoms with Crippen LogP contribution in [0.4, 0.5) is 0 Å². The predicted octanol–water partition coefficient (Wildman–Crippen LogP) is 4.03. The third kappa shape index (κ3) is 4.81. The minimum absolute atomic E-state index is 0.194. The number of esters is 1.